The van der Waals surface area contributed by atoms with E-state index in [4.69, 9.17) is 0 Å². The lowest BCUT2D eigenvalue weighted by Crippen LogP contribution is -2.53. The molecule has 3 heteroatoms. The van der Waals surface area contributed by atoms with Crippen LogP contribution in [0.2, 0.25) is 0 Å². The van der Waals surface area contributed by atoms with E-state index in [-0.39, 0.29) is 12.1 Å². The third-order valence-corrected chi connectivity index (χ3v) is 4.32. The molecule has 2 N–H and O–H groups in total. The maximum absolute atomic E-state index is 9.64. The van der Waals surface area contributed by atoms with Crippen molar-refractivity contribution < 1.29 is 5.11 Å². The Morgan fingerprint density at radius 3 is 2.72 bits per heavy atom. The van der Waals surface area contributed by atoms with Crippen LogP contribution >= 0.6 is 0 Å². The molecule has 0 saturated carbocycles. The Kier molecular flexibility index (Phi) is 6.61. The van der Waals surface area contributed by atoms with Crippen molar-refractivity contribution in [2.45, 2.75) is 77.4 Å². The first kappa shape index (κ1) is 15.9. The van der Waals surface area contributed by atoms with E-state index in [1.165, 1.54) is 25.8 Å². The second-order valence-electron chi connectivity index (χ2n) is 6.28. The van der Waals surface area contributed by atoms with Crippen molar-refractivity contribution in [1.82, 2.24) is 10.2 Å². The monoisotopic (exact) mass is 256 g/mol. The molecular formula is C15H32N2O. The maximum Gasteiger partial charge on any atom is 0.0611 e. The van der Waals surface area contributed by atoms with Crippen LogP contribution in [-0.4, -0.2) is 47.3 Å². The number of rotatable bonds is 7. The molecule has 1 rings (SSSR count). The van der Waals surface area contributed by atoms with Gasteiger partial charge in [0, 0.05) is 17.6 Å². The summed E-state index contributed by atoms with van der Waals surface area (Å²) in [5.41, 5.74) is -0.132. The van der Waals surface area contributed by atoms with Crippen molar-refractivity contribution in [3.05, 3.63) is 0 Å². The largest absolute Gasteiger partial charge is 0.394 e. The molecule has 0 aromatic heterocycles. The van der Waals surface area contributed by atoms with Crippen LogP contribution in [0.15, 0.2) is 0 Å². The van der Waals surface area contributed by atoms with Crippen LogP contribution in [0.4, 0.5) is 0 Å². The summed E-state index contributed by atoms with van der Waals surface area (Å²) in [5, 5.41) is 13.1. The normalized spacial score (nSPS) is 26.8. The first-order valence-corrected chi connectivity index (χ1v) is 7.64. The zero-order valence-electron chi connectivity index (χ0n) is 12.7. The molecule has 1 saturated heterocycles. The van der Waals surface area contributed by atoms with Gasteiger partial charge >= 0.3 is 0 Å². The van der Waals surface area contributed by atoms with Gasteiger partial charge in [0.15, 0.2) is 0 Å². The van der Waals surface area contributed by atoms with Gasteiger partial charge in [0.1, 0.15) is 0 Å². The van der Waals surface area contributed by atoms with E-state index in [1.54, 1.807) is 0 Å². The lowest BCUT2D eigenvalue weighted by atomic mass is 9.91. The van der Waals surface area contributed by atoms with Crippen molar-refractivity contribution in [2.75, 3.05) is 19.7 Å². The van der Waals surface area contributed by atoms with E-state index in [2.05, 4.69) is 37.9 Å². The zero-order chi connectivity index (χ0) is 13.6. The Morgan fingerprint density at radius 1 is 1.44 bits per heavy atom. The fraction of sp³-hybridized carbons (Fsp3) is 1.00. The molecule has 0 spiro atoms. The lowest BCUT2D eigenvalue weighted by molar-refractivity contribution is 0.0723. The molecule has 0 radical (unpaired) electrons. The maximum atomic E-state index is 9.64. The van der Waals surface area contributed by atoms with Crippen LogP contribution in [0.5, 0.6) is 0 Å². The molecule has 0 bridgehead atoms. The molecule has 0 aromatic rings. The topological polar surface area (TPSA) is 35.5 Å². The fourth-order valence-corrected chi connectivity index (χ4v) is 3.16. The first-order valence-electron chi connectivity index (χ1n) is 7.64. The Morgan fingerprint density at radius 2 is 2.17 bits per heavy atom. The molecule has 1 aliphatic rings. The third kappa shape index (κ3) is 4.52. The van der Waals surface area contributed by atoms with Gasteiger partial charge in [-0.25, -0.2) is 0 Å². The van der Waals surface area contributed by atoms with Crippen LogP contribution in [0, 0.1) is 0 Å². The van der Waals surface area contributed by atoms with Gasteiger partial charge in [0.25, 0.3) is 0 Å². The summed E-state index contributed by atoms with van der Waals surface area (Å²) < 4.78 is 0. The number of aliphatic hydroxyl groups excluding tert-OH is 1. The molecule has 3 atom stereocenters. The van der Waals surface area contributed by atoms with Crippen LogP contribution in [0.25, 0.3) is 0 Å². The Labute approximate surface area is 113 Å². The summed E-state index contributed by atoms with van der Waals surface area (Å²) >= 11 is 0. The van der Waals surface area contributed by atoms with Gasteiger partial charge in [-0.05, 0) is 59.5 Å². The number of hydrogen-bond donors (Lipinski definition) is 2. The molecule has 0 aliphatic carbocycles. The third-order valence-electron chi connectivity index (χ3n) is 4.32. The highest BCUT2D eigenvalue weighted by atomic mass is 16.3. The molecule has 0 aromatic carbocycles. The number of likely N-dealkylation sites (tertiary alicyclic amines) is 1. The number of aliphatic hydroxyl groups is 1. The van der Waals surface area contributed by atoms with E-state index in [0.29, 0.717) is 12.1 Å². The highest BCUT2D eigenvalue weighted by Gasteiger charge is 2.30. The molecule has 3 nitrogen and oxygen atoms in total. The van der Waals surface area contributed by atoms with Gasteiger partial charge in [0.05, 0.1) is 6.61 Å². The van der Waals surface area contributed by atoms with Crippen LogP contribution in [0.3, 0.4) is 0 Å². The summed E-state index contributed by atoms with van der Waals surface area (Å²) in [6.45, 7) is 11.4. The molecule has 3 unspecified atom stereocenters. The molecule has 1 fully saturated rings. The van der Waals surface area contributed by atoms with Crippen molar-refractivity contribution in [3.8, 4) is 0 Å². The van der Waals surface area contributed by atoms with E-state index in [1.807, 2.05) is 0 Å². The van der Waals surface area contributed by atoms with Crippen LogP contribution in [-0.2, 0) is 0 Å². The first-order chi connectivity index (χ1) is 8.52. The van der Waals surface area contributed by atoms with Crippen molar-refractivity contribution in [3.63, 3.8) is 0 Å². The van der Waals surface area contributed by atoms with E-state index < -0.39 is 0 Å². The number of nitrogens with one attached hydrogen (secondary N) is 1. The van der Waals surface area contributed by atoms with E-state index >= 15 is 0 Å². The van der Waals surface area contributed by atoms with Crippen molar-refractivity contribution in [1.29, 1.82) is 0 Å². The minimum Gasteiger partial charge on any atom is -0.394 e. The predicted octanol–water partition coefficient (Wildman–Crippen LogP) is 2.39. The van der Waals surface area contributed by atoms with Crippen LogP contribution < -0.4 is 5.32 Å². The highest BCUT2D eigenvalue weighted by molar-refractivity contribution is 4.89. The minimum atomic E-state index is -0.132. The standard InChI is InChI=1S/C15H32N2O/c1-5-9-16-15(4,12-18)11-14(3)17-10-7-6-8-13(17)2/h13-14,16,18H,5-12H2,1-4H3. The van der Waals surface area contributed by atoms with Crippen LogP contribution in [0.1, 0.15) is 59.8 Å². The molecule has 18 heavy (non-hydrogen) atoms. The van der Waals surface area contributed by atoms with Gasteiger partial charge in [-0.3, -0.25) is 4.90 Å². The fourth-order valence-electron chi connectivity index (χ4n) is 3.16. The summed E-state index contributed by atoms with van der Waals surface area (Å²) in [4.78, 5) is 2.62. The number of hydrogen-bond acceptors (Lipinski definition) is 3. The second-order valence-corrected chi connectivity index (χ2v) is 6.28. The Balaban J connectivity index is 2.51. The molecule has 108 valence electrons. The predicted molar refractivity (Wildman–Crippen MR) is 77.9 cm³/mol. The number of nitrogens with zero attached hydrogens (tertiary/aromatic N) is 1. The zero-order valence-corrected chi connectivity index (χ0v) is 12.7. The molecule has 1 heterocycles. The smallest absolute Gasteiger partial charge is 0.0611 e. The van der Waals surface area contributed by atoms with Gasteiger partial charge in [0.2, 0.25) is 0 Å². The highest BCUT2D eigenvalue weighted by Crippen LogP contribution is 2.23. The van der Waals surface area contributed by atoms with Crippen molar-refractivity contribution in [2.24, 2.45) is 0 Å². The van der Waals surface area contributed by atoms with Gasteiger partial charge < -0.3 is 10.4 Å². The average molecular weight is 256 g/mol. The summed E-state index contributed by atoms with van der Waals surface area (Å²) in [7, 11) is 0. The SMILES string of the molecule is CCCNC(C)(CO)CC(C)N1CCCCC1C. The summed E-state index contributed by atoms with van der Waals surface area (Å²) in [5.74, 6) is 0. The van der Waals surface area contributed by atoms with E-state index in [9.17, 15) is 5.11 Å². The van der Waals surface area contributed by atoms with Gasteiger partial charge in [-0.15, -0.1) is 0 Å². The van der Waals surface area contributed by atoms with Gasteiger partial charge in [-0.2, -0.15) is 0 Å². The second kappa shape index (κ2) is 7.46. The molecular weight excluding hydrogens is 224 g/mol. The van der Waals surface area contributed by atoms with E-state index in [0.717, 1.165) is 19.4 Å². The summed E-state index contributed by atoms with van der Waals surface area (Å²) in [6, 6.07) is 1.24. The average Bonchev–Trinajstić information content (AvgIpc) is 2.37. The Hall–Kier alpha value is -0.120. The van der Waals surface area contributed by atoms with Gasteiger partial charge in [-0.1, -0.05) is 13.3 Å². The number of piperidine rings is 1. The quantitative estimate of drug-likeness (QED) is 0.734. The minimum absolute atomic E-state index is 0.132. The summed E-state index contributed by atoms with van der Waals surface area (Å²) in [6.07, 6.45) is 6.16. The Bertz CT molecular complexity index is 235. The molecule has 0 amide bonds. The molecule has 1 aliphatic heterocycles. The lowest BCUT2D eigenvalue weighted by Gasteiger charge is -2.42. The van der Waals surface area contributed by atoms with Crippen molar-refractivity contribution >= 4 is 0 Å².